The fraction of sp³-hybridized carbons (Fsp3) is 0.417. The normalized spacial score (nSPS) is 11.1. The summed E-state index contributed by atoms with van der Waals surface area (Å²) in [5.41, 5.74) is 0.650. The molecule has 0 fully saturated rings. The molecule has 0 aliphatic rings. The maximum absolute atomic E-state index is 8.50. The molecular formula is C12H16ClNO3. The van der Waals surface area contributed by atoms with E-state index < -0.39 is 0 Å². The lowest BCUT2D eigenvalue weighted by Crippen LogP contribution is -2.08. The van der Waals surface area contributed by atoms with Crippen molar-refractivity contribution in [2.24, 2.45) is 5.16 Å². The number of benzene rings is 1. The van der Waals surface area contributed by atoms with E-state index in [0.717, 1.165) is 0 Å². The van der Waals surface area contributed by atoms with E-state index in [1.54, 1.807) is 12.1 Å². The molecule has 0 saturated carbocycles. The Kier molecular flexibility index (Phi) is 5.10. The molecule has 1 aromatic rings. The second kappa shape index (κ2) is 6.35. The van der Waals surface area contributed by atoms with Crippen molar-refractivity contribution in [1.82, 2.24) is 0 Å². The largest absolute Gasteiger partial charge is 0.490 e. The van der Waals surface area contributed by atoms with E-state index in [-0.39, 0.29) is 6.10 Å². The van der Waals surface area contributed by atoms with Crippen LogP contribution in [0.25, 0.3) is 0 Å². The molecule has 1 aromatic carbocycles. The predicted molar refractivity (Wildman–Crippen MR) is 67.8 cm³/mol. The third-order valence-corrected chi connectivity index (χ3v) is 2.17. The van der Waals surface area contributed by atoms with Gasteiger partial charge in [0.15, 0.2) is 11.5 Å². The van der Waals surface area contributed by atoms with Gasteiger partial charge in [-0.05, 0) is 32.9 Å². The monoisotopic (exact) mass is 257 g/mol. The fourth-order valence-electron chi connectivity index (χ4n) is 1.34. The van der Waals surface area contributed by atoms with E-state index in [4.69, 9.17) is 26.3 Å². The number of hydrogen-bond donors (Lipinski definition) is 1. The van der Waals surface area contributed by atoms with Gasteiger partial charge in [0, 0.05) is 5.56 Å². The number of rotatable bonds is 5. The first-order valence-electron chi connectivity index (χ1n) is 5.38. The van der Waals surface area contributed by atoms with Gasteiger partial charge in [-0.2, -0.15) is 0 Å². The third-order valence-electron chi connectivity index (χ3n) is 1.89. The Morgan fingerprint density at radius 1 is 1.47 bits per heavy atom. The second-order valence-corrected chi connectivity index (χ2v) is 4.08. The Labute approximate surface area is 106 Å². The lowest BCUT2D eigenvalue weighted by atomic mass is 10.2. The quantitative estimate of drug-likeness (QED) is 0.500. The first-order chi connectivity index (χ1) is 8.08. The molecule has 0 heterocycles. The standard InChI is InChI=1S/C12H16ClNO3/c1-4-16-11-6-9(7-14-15)5-10(13)12(11)17-8(2)3/h5-8,15H,4H2,1-3H3. The third kappa shape index (κ3) is 3.82. The fourth-order valence-corrected chi connectivity index (χ4v) is 1.61. The number of hydrogen-bond acceptors (Lipinski definition) is 4. The molecule has 0 radical (unpaired) electrons. The zero-order chi connectivity index (χ0) is 12.8. The highest BCUT2D eigenvalue weighted by molar-refractivity contribution is 6.32. The Bertz CT molecular complexity index is 405. The van der Waals surface area contributed by atoms with E-state index in [2.05, 4.69) is 5.16 Å². The summed E-state index contributed by atoms with van der Waals surface area (Å²) in [7, 11) is 0. The van der Waals surface area contributed by atoms with Crippen LogP contribution in [0.1, 0.15) is 26.3 Å². The van der Waals surface area contributed by atoms with Gasteiger partial charge in [-0.15, -0.1) is 0 Å². The summed E-state index contributed by atoms with van der Waals surface area (Å²) in [5, 5.41) is 11.9. The van der Waals surface area contributed by atoms with Crippen LogP contribution in [0, 0.1) is 0 Å². The van der Waals surface area contributed by atoms with Crippen LogP contribution >= 0.6 is 11.6 Å². The van der Waals surface area contributed by atoms with Crippen LogP contribution in [-0.2, 0) is 0 Å². The van der Waals surface area contributed by atoms with Crippen LogP contribution in [0.3, 0.4) is 0 Å². The maximum Gasteiger partial charge on any atom is 0.180 e. The SMILES string of the molecule is CCOc1cc(C=NO)cc(Cl)c1OC(C)C. The van der Waals surface area contributed by atoms with Gasteiger partial charge >= 0.3 is 0 Å². The highest BCUT2D eigenvalue weighted by Gasteiger charge is 2.13. The van der Waals surface area contributed by atoms with E-state index >= 15 is 0 Å². The first kappa shape index (κ1) is 13.6. The van der Waals surface area contributed by atoms with Crippen molar-refractivity contribution >= 4 is 17.8 Å². The molecule has 1 rings (SSSR count). The summed E-state index contributed by atoms with van der Waals surface area (Å²) in [4.78, 5) is 0. The van der Waals surface area contributed by atoms with Gasteiger partial charge in [-0.3, -0.25) is 0 Å². The van der Waals surface area contributed by atoms with Gasteiger partial charge in [0.1, 0.15) is 0 Å². The van der Waals surface area contributed by atoms with Crippen molar-refractivity contribution in [3.05, 3.63) is 22.7 Å². The van der Waals surface area contributed by atoms with Gasteiger partial charge in [-0.1, -0.05) is 16.8 Å². The van der Waals surface area contributed by atoms with Gasteiger partial charge in [0.05, 0.1) is 23.9 Å². The molecule has 0 aliphatic heterocycles. The van der Waals surface area contributed by atoms with E-state index in [9.17, 15) is 0 Å². The average Bonchev–Trinajstić information content (AvgIpc) is 2.23. The molecule has 17 heavy (non-hydrogen) atoms. The first-order valence-corrected chi connectivity index (χ1v) is 5.76. The molecular weight excluding hydrogens is 242 g/mol. The van der Waals surface area contributed by atoms with Crippen LogP contribution in [-0.4, -0.2) is 24.1 Å². The Balaban J connectivity index is 3.17. The summed E-state index contributed by atoms with van der Waals surface area (Å²) in [5.74, 6) is 1.06. The topological polar surface area (TPSA) is 51.0 Å². The minimum Gasteiger partial charge on any atom is -0.490 e. The molecule has 5 heteroatoms. The summed E-state index contributed by atoms with van der Waals surface area (Å²) < 4.78 is 11.1. The number of nitrogens with zero attached hydrogens (tertiary/aromatic N) is 1. The molecule has 0 aromatic heterocycles. The van der Waals surface area contributed by atoms with Gasteiger partial charge in [-0.25, -0.2) is 0 Å². The van der Waals surface area contributed by atoms with Crippen LogP contribution in [0.2, 0.25) is 5.02 Å². The minimum absolute atomic E-state index is 0.00376. The molecule has 1 N–H and O–H groups in total. The Morgan fingerprint density at radius 2 is 2.18 bits per heavy atom. The van der Waals surface area contributed by atoms with Crippen molar-refractivity contribution in [2.75, 3.05) is 6.61 Å². The van der Waals surface area contributed by atoms with Gasteiger partial charge in [0.2, 0.25) is 0 Å². The molecule has 0 spiro atoms. The molecule has 0 amide bonds. The molecule has 0 bridgehead atoms. The zero-order valence-electron chi connectivity index (χ0n) is 10.1. The molecule has 0 unspecified atom stereocenters. The highest BCUT2D eigenvalue weighted by atomic mass is 35.5. The van der Waals surface area contributed by atoms with Gasteiger partial charge in [0.25, 0.3) is 0 Å². The lowest BCUT2D eigenvalue weighted by Gasteiger charge is -2.16. The van der Waals surface area contributed by atoms with Crippen molar-refractivity contribution in [3.8, 4) is 11.5 Å². The number of halogens is 1. The highest BCUT2D eigenvalue weighted by Crippen LogP contribution is 2.37. The van der Waals surface area contributed by atoms with E-state index in [1.807, 2.05) is 20.8 Å². The molecule has 4 nitrogen and oxygen atoms in total. The summed E-state index contributed by atoms with van der Waals surface area (Å²) in [6.45, 7) is 6.20. The van der Waals surface area contributed by atoms with Crippen LogP contribution in [0.4, 0.5) is 0 Å². The molecule has 94 valence electrons. The van der Waals surface area contributed by atoms with E-state index in [1.165, 1.54) is 6.21 Å². The Morgan fingerprint density at radius 3 is 2.71 bits per heavy atom. The predicted octanol–water partition coefficient (Wildman–Crippen LogP) is 3.33. The summed E-state index contributed by atoms with van der Waals surface area (Å²) in [6.07, 6.45) is 1.29. The number of oxime groups is 1. The number of ether oxygens (including phenoxy) is 2. The minimum atomic E-state index is 0.00376. The average molecular weight is 258 g/mol. The van der Waals surface area contributed by atoms with Crippen molar-refractivity contribution in [2.45, 2.75) is 26.9 Å². The summed E-state index contributed by atoms with van der Waals surface area (Å²) in [6, 6.07) is 3.37. The van der Waals surface area contributed by atoms with Gasteiger partial charge < -0.3 is 14.7 Å². The van der Waals surface area contributed by atoms with Crippen LogP contribution < -0.4 is 9.47 Å². The molecule has 0 atom stereocenters. The van der Waals surface area contributed by atoms with E-state index in [0.29, 0.717) is 28.7 Å². The zero-order valence-corrected chi connectivity index (χ0v) is 10.9. The Hall–Kier alpha value is -1.42. The summed E-state index contributed by atoms with van der Waals surface area (Å²) >= 11 is 6.10. The second-order valence-electron chi connectivity index (χ2n) is 3.67. The van der Waals surface area contributed by atoms with Crippen molar-refractivity contribution < 1.29 is 14.7 Å². The van der Waals surface area contributed by atoms with Crippen LogP contribution in [0.5, 0.6) is 11.5 Å². The van der Waals surface area contributed by atoms with Crippen molar-refractivity contribution in [1.29, 1.82) is 0 Å². The maximum atomic E-state index is 8.50. The van der Waals surface area contributed by atoms with Crippen LogP contribution in [0.15, 0.2) is 17.3 Å². The molecule has 0 aliphatic carbocycles. The smallest absolute Gasteiger partial charge is 0.180 e. The lowest BCUT2D eigenvalue weighted by molar-refractivity contribution is 0.224. The van der Waals surface area contributed by atoms with Crippen molar-refractivity contribution in [3.63, 3.8) is 0 Å². The molecule has 0 saturated heterocycles.